The second-order valence-electron chi connectivity index (χ2n) is 3.10. The molecule has 15 heavy (non-hydrogen) atoms. The molecular weight excluding hydrogens is 194 g/mol. The molecule has 0 radical (unpaired) electrons. The van der Waals surface area contributed by atoms with E-state index in [-0.39, 0.29) is 11.9 Å². The van der Waals surface area contributed by atoms with Gasteiger partial charge in [0.2, 0.25) is 0 Å². The summed E-state index contributed by atoms with van der Waals surface area (Å²) in [4.78, 5) is 0. The summed E-state index contributed by atoms with van der Waals surface area (Å²) in [7, 11) is 0. The molecule has 0 amide bonds. The second-order valence-corrected chi connectivity index (χ2v) is 3.10. The highest BCUT2D eigenvalue weighted by Gasteiger charge is 1.99. The highest BCUT2D eigenvalue weighted by molar-refractivity contribution is 5.94. The average Bonchev–Trinajstić information content (AvgIpc) is 2.50. The lowest BCUT2D eigenvalue weighted by molar-refractivity contribution is 0.481. The van der Waals surface area contributed by atoms with Crippen LogP contribution in [0.15, 0.2) is 16.5 Å². The number of nitrogens with one attached hydrogen (secondary N) is 4. The van der Waals surface area contributed by atoms with Gasteiger partial charge in [0.05, 0.1) is 0 Å². The summed E-state index contributed by atoms with van der Waals surface area (Å²) < 4.78 is 5.35. The van der Waals surface area contributed by atoms with Crippen LogP contribution in [0.25, 0.3) is 0 Å². The molecular formula is C9H15N5O. The van der Waals surface area contributed by atoms with Crippen molar-refractivity contribution < 1.29 is 4.42 Å². The Morgan fingerprint density at radius 2 is 2.20 bits per heavy atom. The van der Waals surface area contributed by atoms with Crippen molar-refractivity contribution in [2.75, 3.05) is 6.54 Å². The molecule has 0 saturated carbocycles. The van der Waals surface area contributed by atoms with Gasteiger partial charge in [0.25, 0.3) is 0 Å². The highest BCUT2D eigenvalue weighted by atomic mass is 16.3. The summed E-state index contributed by atoms with van der Waals surface area (Å²) in [5.74, 6) is 1.52. The summed E-state index contributed by atoms with van der Waals surface area (Å²) in [5, 5.41) is 19.3. The summed E-state index contributed by atoms with van der Waals surface area (Å²) >= 11 is 0. The fourth-order valence-electron chi connectivity index (χ4n) is 1.11. The smallest absolute Gasteiger partial charge is 0.195 e. The molecule has 0 aliphatic heterocycles. The van der Waals surface area contributed by atoms with Crippen LogP contribution in [0.5, 0.6) is 0 Å². The molecule has 0 unspecified atom stereocenters. The van der Waals surface area contributed by atoms with E-state index in [1.807, 2.05) is 19.1 Å². The number of hydrogen-bond acceptors (Lipinski definition) is 3. The van der Waals surface area contributed by atoms with Crippen molar-refractivity contribution in [3.63, 3.8) is 0 Å². The van der Waals surface area contributed by atoms with E-state index in [0.717, 1.165) is 11.5 Å². The first-order chi connectivity index (χ1) is 7.08. The van der Waals surface area contributed by atoms with Crippen LogP contribution in [-0.4, -0.2) is 18.5 Å². The van der Waals surface area contributed by atoms with E-state index >= 15 is 0 Å². The molecule has 0 aromatic carbocycles. The van der Waals surface area contributed by atoms with Gasteiger partial charge < -0.3 is 15.5 Å². The predicted molar refractivity (Wildman–Crippen MR) is 57.9 cm³/mol. The first-order valence-electron chi connectivity index (χ1n) is 4.56. The van der Waals surface area contributed by atoms with Crippen LogP contribution in [0.1, 0.15) is 11.5 Å². The lowest BCUT2D eigenvalue weighted by atomic mass is 10.3. The molecule has 6 nitrogen and oxygen atoms in total. The number of nitrogens with two attached hydrogens (primary N) is 1. The van der Waals surface area contributed by atoms with Crippen molar-refractivity contribution in [1.82, 2.24) is 10.6 Å². The molecule has 0 spiro atoms. The molecule has 82 valence electrons. The lowest BCUT2D eigenvalue weighted by Gasteiger charge is -2.07. The van der Waals surface area contributed by atoms with Crippen LogP contribution in [0.3, 0.4) is 0 Å². The largest absolute Gasteiger partial charge is 0.466 e. The maximum absolute atomic E-state index is 7.32. The van der Waals surface area contributed by atoms with Gasteiger partial charge in [-0.1, -0.05) is 0 Å². The molecule has 0 aliphatic rings. The molecule has 0 atom stereocenters. The van der Waals surface area contributed by atoms with E-state index in [4.69, 9.17) is 21.0 Å². The predicted octanol–water partition coefficient (Wildman–Crippen LogP) is 0.138. The van der Waals surface area contributed by atoms with E-state index in [9.17, 15) is 0 Å². The van der Waals surface area contributed by atoms with E-state index < -0.39 is 0 Å². The molecule has 1 aromatic rings. The summed E-state index contributed by atoms with van der Waals surface area (Å²) in [6, 6.07) is 3.80. The Morgan fingerprint density at radius 3 is 2.73 bits per heavy atom. The van der Waals surface area contributed by atoms with E-state index in [0.29, 0.717) is 13.0 Å². The van der Waals surface area contributed by atoms with Gasteiger partial charge in [0.1, 0.15) is 11.5 Å². The Bertz CT molecular complexity index is 357. The van der Waals surface area contributed by atoms with Gasteiger partial charge in [0.15, 0.2) is 11.9 Å². The first kappa shape index (κ1) is 11.1. The Hall–Kier alpha value is -1.98. The van der Waals surface area contributed by atoms with Crippen molar-refractivity contribution in [2.45, 2.75) is 13.3 Å². The normalized spacial score (nSPS) is 9.67. The minimum atomic E-state index is -0.249. The molecule has 0 bridgehead atoms. The van der Waals surface area contributed by atoms with Crippen LogP contribution in [0.4, 0.5) is 0 Å². The van der Waals surface area contributed by atoms with E-state index in [1.54, 1.807) is 0 Å². The Balaban J connectivity index is 2.22. The molecule has 6 heteroatoms. The van der Waals surface area contributed by atoms with Crippen LogP contribution in [-0.2, 0) is 6.42 Å². The van der Waals surface area contributed by atoms with Crippen LogP contribution in [0.2, 0.25) is 0 Å². The minimum absolute atomic E-state index is 0.0192. The monoisotopic (exact) mass is 209 g/mol. The molecule has 0 aliphatic carbocycles. The highest BCUT2D eigenvalue weighted by Crippen LogP contribution is 2.05. The van der Waals surface area contributed by atoms with Crippen LogP contribution < -0.4 is 16.4 Å². The SMILES string of the molecule is Cc1ccc(CCNC(=N)NC(=N)N)o1. The zero-order chi connectivity index (χ0) is 11.3. The van der Waals surface area contributed by atoms with Gasteiger partial charge in [-0.15, -0.1) is 0 Å². The molecule has 0 fully saturated rings. The number of furan rings is 1. The Morgan fingerprint density at radius 1 is 1.47 bits per heavy atom. The fraction of sp³-hybridized carbons (Fsp3) is 0.333. The third kappa shape index (κ3) is 4.17. The van der Waals surface area contributed by atoms with Gasteiger partial charge in [-0.3, -0.25) is 16.1 Å². The topological polar surface area (TPSA) is 111 Å². The van der Waals surface area contributed by atoms with Crippen molar-refractivity contribution in [2.24, 2.45) is 5.73 Å². The van der Waals surface area contributed by atoms with Gasteiger partial charge in [-0.05, 0) is 19.1 Å². The second kappa shape index (κ2) is 5.04. The van der Waals surface area contributed by atoms with Gasteiger partial charge in [0, 0.05) is 13.0 Å². The maximum Gasteiger partial charge on any atom is 0.195 e. The number of rotatable bonds is 3. The zero-order valence-electron chi connectivity index (χ0n) is 8.55. The number of aryl methyl sites for hydroxylation is 1. The van der Waals surface area contributed by atoms with Gasteiger partial charge in [-0.2, -0.15) is 0 Å². The third-order valence-corrected chi connectivity index (χ3v) is 1.73. The molecule has 1 rings (SSSR count). The molecule has 1 heterocycles. The van der Waals surface area contributed by atoms with E-state index in [1.165, 1.54) is 0 Å². The Labute approximate surface area is 87.9 Å². The quantitative estimate of drug-likeness (QED) is 0.360. The zero-order valence-corrected chi connectivity index (χ0v) is 8.55. The van der Waals surface area contributed by atoms with Crippen LogP contribution >= 0.6 is 0 Å². The Kier molecular flexibility index (Phi) is 3.73. The third-order valence-electron chi connectivity index (χ3n) is 1.73. The summed E-state index contributed by atoms with van der Waals surface area (Å²) in [6.45, 7) is 2.45. The molecule has 1 aromatic heterocycles. The van der Waals surface area contributed by atoms with Gasteiger partial charge in [-0.25, -0.2) is 0 Å². The van der Waals surface area contributed by atoms with Crippen molar-refractivity contribution in [3.8, 4) is 0 Å². The van der Waals surface area contributed by atoms with Crippen molar-refractivity contribution in [3.05, 3.63) is 23.7 Å². The fourth-order valence-corrected chi connectivity index (χ4v) is 1.11. The van der Waals surface area contributed by atoms with Crippen molar-refractivity contribution in [1.29, 1.82) is 10.8 Å². The maximum atomic E-state index is 7.32. The van der Waals surface area contributed by atoms with Crippen molar-refractivity contribution >= 4 is 11.9 Å². The van der Waals surface area contributed by atoms with E-state index in [2.05, 4.69) is 10.6 Å². The minimum Gasteiger partial charge on any atom is -0.466 e. The van der Waals surface area contributed by atoms with Gasteiger partial charge >= 0.3 is 0 Å². The standard InChI is InChI=1S/C9H15N5O/c1-6-2-3-7(15-6)4-5-13-9(12)14-8(10)11/h2-3H,4-5H2,1H3,(H6,10,11,12,13,14). The molecule has 0 saturated heterocycles. The number of guanidine groups is 2. The number of hydrogen-bond donors (Lipinski definition) is 5. The summed E-state index contributed by atoms with van der Waals surface area (Å²) in [6.07, 6.45) is 0.690. The molecule has 6 N–H and O–H groups in total. The van der Waals surface area contributed by atoms with Crippen LogP contribution in [0, 0.1) is 17.7 Å². The average molecular weight is 209 g/mol. The lowest BCUT2D eigenvalue weighted by Crippen LogP contribution is -2.43. The summed E-state index contributed by atoms with van der Waals surface area (Å²) in [5.41, 5.74) is 5.05. The first-order valence-corrected chi connectivity index (χ1v) is 4.56.